The monoisotopic (exact) mass is 615 g/mol. The third-order valence-electron chi connectivity index (χ3n) is 7.11. The van der Waals surface area contributed by atoms with Crippen molar-refractivity contribution in [2.45, 2.75) is 17.8 Å². The Morgan fingerprint density at radius 1 is 0.805 bits per heavy atom. The number of ketones is 1. The summed E-state index contributed by atoms with van der Waals surface area (Å²) in [5, 5.41) is 11.0. The van der Waals surface area contributed by atoms with Crippen LogP contribution in [-0.4, -0.2) is 35.1 Å². The summed E-state index contributed by atoms with van der Waals surface area (Å²) in [6.07, 6.45) is -4.34. The highest BCUT2D eigenvalue weighted by Crippen LogP contribution is 2.42. The predicted octanol–water partition coefficient (Wildman–Crippen LogP) is 8.77. The van der Waals surface area contributed by atoms with Crippen molar-refractivity contribution in [2.75, 3.05) is 13.1 Å². The number of β-amino-alcohol motifs (C(OH)–C–C–N with tert-alkyl or cyclic N) is 1. The molecule has 4 aromatic rings. The molecule has 3 nitrogen and oxygen atoms in total. The van der Waals surface area contributed by atoms with E-state index in [-0.39, 0.29) is 32.2 Å². The fourth-order valence-corrected chi connectivity index (χ4v) is 5.67. The van der Waals surface area contributed by atoms with Gasteiger partial charge in [0.05, 0.1) is 26.7 Å². The maximum absolute atomic E-state index is 13.9. The van der Waals surface area contributed by atoms with Crippen molar-refractivity contribution in [3.63, 3.8) is 0 Å². The Kier molecular flexibility index (Phi) is 8.33. The first kappa shape index (κ1) is 29.4. The van der Waals surface area contributed by atoms with E-state index < -0.39 is 23.1 Å². The molecule has 1 heterocycles. The third-order valence-corrected chi connectivity index (χ3v) is 8.30. The summed E-state index contributed by atoms with van der Waals surface area (Å²) in [5.74, 6) is -0.860. The van der Waals surface area contributed by atoms with Crippen molar-refractivity contribution in [2.24, 2.45) is 0 Å². The van der Waals surface area contributed by atoms with Gasteiger partial charge in [0.15, 0.2) is 5.78 Å². The molecule has 0 bridgehead atoms. The second-order valence-electron chi connectivity index (χ2n) is 9.91. The van der Waals surface area contributed by atoms with Gasteiger partial charge in [-0.15, -0.1) is 0 Å². The van der Waals surface area contributed by atoms with Crippen LogP contribution < -0.4 is 0 Å². The summed E-state index contributed by atoms with van der Waals surface area (Å²) in [6, 6.07) is 27.9. The first-order valence-corrected chi connectivity index (χ1v) is 13.7. The van der Waals surface area contributed by atoms with E-state index >= 15 is 0 Å². The second-order valence-corrected chi connectivity index (χ2v) is 11.1. The normalized spacial score (nSPS) is 15.6. The molecule has 0 spiro atoms. The van der Waals surface area contributed by atoms with Crippen molar-refractivity contribution < 1.29 is 23.1 Å². The highest BCUT2D eigenvalue weighted by atomic mass is 35.5. The van der Waals surface area contributed by atoms with Gasteiger partial charge in [0.25, 0.3) is 0 Å². The largest absolute Gasteiger partial charge is 0.417 e. The van der Waals surface area contributed by atoms with E-state index in [0.717, 1.165) is 23.3 Å². The number of carbonyl (C=O) groups excluding carboxylic acids is 1. The van der Waals surface area contributed by atoms with Crippen molar-refractivity contribution >= 4 is 46.2 Å². The van der Waals surface area contributed by atoms with Gasteiger partial charge in [-0.2, -0.15) is 13.2 Å². The van der Waals surface area contributed by atoms with E-state index in [1.807, 2.05) is 60.7 Å². The predicted molar refractivity (Wildman–Crippen MR) is 156 cm³/mol. The first-order valence-electron chi connectivity index (χ1n) is 12.6. The van der Waals surface area contributed by atoms with Gasteiger partial charge in [0.2, 0.25) is 0 Å². The maximum Gasteiger partial charge on any atom is 0.417 e. The lowest BCUT2D eigenvalue weighted by Crippen LogP contribution is -2.60. The van der Waals surface area contributed by atoms with E-state index in [1.54, 1.807) is 12.1 Å². The van der Waals surface area contributed by atoms with Gasteiger partial charge in [0, 0.05) is 18.7 Å². The molecule has 1 fully saturated rings. The number of rotatable bonds is 7. The lowest BCUT2D eigenvalue weighted by Gasteiger charge is -2.50. The molecule has 0 saturated carbocycles. The molecule has 1 aliphatic rings. The molecule has 0 amide bonds. The van der Waals surface area contributed by atoms with Crippen LogP contribution in [0.25, 0.3) is 5.57 Å². The molecule has 210 valence electrons. The smallest absolute Gasteiger partial charge is 0.382 e. The quantitative estimate of drug-likeness (QED) is 0.128. The molecule has 0 atom stereocenters. The van der Waals surface area contributed by atoms with Crippen LogP contribution in [0.1, 0.15) is 38.7 Å². The van der Waals surface area contributed by atoms with Crippen molar-refractivity contribution in [3.05, 3.63) is 146 Å². The summed E-state index contributed by atoms with van der Waals surface area (Å²) in [4.78, 5) is 15.0. The molecule has 9 heteroatoms. The van der Waals surface area contributed by atoms with E-state index in [4.69, 9.17) is 34.8 Å². The Hall–Kier alpha value is -3.13. The molecule has 0 aliphatic carbocycles. The molecule has 0 radical (unpaired) electrons. The second kappa shape index (κ2) is 11.6. The van der Waals surface area contributed by atoms with Gasteiger partial charge in [-0.05, 0) is 40.5 Å². The summed E-state index contributed by atoms with van der Waals surface area (Å²) >= 11 is 17.7. The van der Waals surface area contributed by atoms with Gasteiger partial charge >= 0.3 is 6.18 Å². The lowest BCUT2D eigenvalue weighted by atomic mass is 9.82. The molecular weight excluding hydrogens is 594 g/mol. The van der Waals surface area contributed by atoms with Crippen molar-refractivity contribution in [1.82, 2.24) is 4.90 Å². The summed E-state index contributed by atoms with van der Waals surface area (Å²) in [6.45, 7) is 0.677. The maximum atomic E-state index is 13.9. The number of benzene rings is 4. The molecule has 4 aromatic carbocycles. The van der Waals surface area contributed by atoms with E-state index in [0.29, 0.717) is 24.7 Å². The zero-order valence-corrected chi connectivity index (χ0v) is 23.6. The summed E-state index contributed by atoms with van der Waals surface area (Å²) in [5.41, 5.74) is 0.0433. The Bertz CT molecular complexity index is 1520. The topological polar surface area (TPSA) is 40.5 Å². The Morgan fingerprint density at radius 2 is 1.29 bits per heavy atom. The number of aliphatic hydroxyl groups is 1. The van der Waals surface area contributed by atoms with Crippen LogP contribution in [0.15, 0.2) is 103 Å². The minimum Gasteiger partial charge on any atom is -0.382 e. The zero-order chi connectivity index (χ0) is 29.4. The van der Waals surface area contributed by atoms with Gasteiger partial charge in [-0.1, -0.05) is 120 Å². The van der Waals surface area contributed by atoms with Crippen LogP contribution in [0.3, 0.4) is 0 Å². The number of halogens is 6. The number of hydrogen-bond donors (Lipinski definition) is 1. The number of hydrogen-bond acceptors (Lipinski definition) is 3. The molecule has 5 rings (SSSR count). The Labute approximate surface area is 250 Å². The summed E-state index contributed by atoms with van der Waals surface area (Å²) in [7, 11) is 0. The van der Waals surface area contributed by atoms with Gasteiger partial charge < -0.3 is 5.11 Å². The molecule has 1 aliphatic heterocycles. The van der Waals surface area contributed by atoms with Crippen LogP contribution in [0.4, 0.5) is 13.2 Å². The Morgan fingerprint density at radius 3 is 1.76 bits per heavy atom. The zero-order valence-electron chi connectivity index (χ0n) is 21.4. The Balaban J connectivity index is 1.36. The molecule has 1 N–H and O–H groups in total. The number of nitrogens with zero attached hydrogens (tertiary/aromatic N) is 1. The fraction of sp³-hybridized carbons (Fsp3) is 0.156. The molecule has 0 aromatic heterocycles. The molecule has 0 unspecified atom stereocenters. The average Bonchev–Trinajstić information content (AvgIpc) is 2.94. The van der Waals surface area contributed by atoms with Gasteiger partial charge in [-0.3, -0.25) is 9.69 Å². The highest BCUT2D eigenvalue weighted by Gasteiger charge is 2.46. The first-order chi connectivity index (χ1) is 19.5. The van der Waals surface area contributed by atoms with Crippen LogP contribution in [0, 0.1) is 0 Å². The minimum absolute atomic E-state index is 0.0351. The van der Waals surface area contributed by atoms with E-state index in [1.165, 1.54) is 12.1 Å². The number of allylic oxidation sites excluding steroid dienone is 2. The average molecular weight is 617 g/mol. The number of carbonyl (C=O) groups is 1. The van der Waals surface area contributed by atoms with Crippen LogP contribution in [-0.2, 0) is 5.60 Å². The van der Waals surface area contributed by atoms with Crippen molar-refractivity contribution in [3.8, 4) is 0 Å². The van der Waals surface area contributed by atoms with Crippen LogP contribution in [0.2, 0.25) is 15.1 Å². The van der Waals surface area contributed by atoms with Gasteiger partial charge in [-0.25, -0.2) is 0 Å². The van der Waals surface area contributed by atoms with Gasteiger partial charge in [0.1, 0.15) is 5.60 Å². The fourth-order valence-electron chi connectivity index (χ4n) is 5.07. The van der Waals surface area contributed by atoms with Crippen LogP contribution in [0.5, 0.6) is 0 Å². The molecule has 41 heavy (non-hydrogen) atoms. The van der Waals surface area contributed by atoms with E-state index in [9.17, 15) is 23.1 Å². The van der Waals surface area contributed by atoms with Crippen molar-refractivity contribution in [1.29, 1.82) is 0 Å². The highest BCUT2D eigenvalue weighted by molar-refractivity contribution is 6.48. The standard InChI is InChI=1S/C32H23Cl3F3NO2/c33-26-15-23(16-27(34)29(26)35)25(32(36,37)38)17-28(40)20-11-13-24(14-12-20)31(41)18-39(19-31)30(21-7-3-1-4-8-21)22-9-5-2-6-10-22/h1-17,30,41H,18-19H2/b25-17-. The molecule has 1 saturated heterocycles. The minimum atomic E-state index is -4.85. The molecular formula is C32H23Cl3F3NO2. The third kappa shape index (κ3) is 6.22. The van der Waals surface area contributed by atoms with Crippen LogP contribution >= 0.6 is 34.8 Å². The van der Waals surface area contributed by atoms with E-state index in [2.05, 4.69) is 4.90 Å². The SMILES string of the molecule is O=C(/C=C(/c1cc(Cl)c(Cl)c(Cl)c1)C(F)(F)F)c1ccc(C2(O)CN(C(c3ccccc3)c3ccccc3)C2)cc1. The number of likely N-dealkylation sites (tertiary alicyclic amines) is 1. The summed E-state index contributed by atoms with van der Waals surface area (Å²) < 4.78 is 41.7. The number of alkyl halides is 3. The lowest BCUT2D eigenvalue weighted by molar-refractivity contribution is -0.116.